The van der Waals surface area contributed by atoms with Crippen molar-refractivity contribution in [2.24, 2.45) is 0 Å². The lowest BCUT2D eigenvalue weighted by Crippen LogP contribution is -2.23. The van der Waals surface area contributed by atoms with Gasteiger partial charge in [-0.3, -0.25) is 4.79 Å². The van der Waals surface area contributed by atoms with Crippen molar-refractivity contribution in [2.75, 3.05) is 20.3 Å². The van der Waals surface area contributed by atoms with Crippen LogP contribution in [0.3, 0.4) is 0 Å². The molecule has 28 heavy (non-hydrogen) atoms. The summed E-state index contributed by atoms with van der Waals surface area (Å²) in [5, 5.41) is 2.91. The topological polar surface area (TPSA) is 56.8 Å². The third kappa shape index (κ3) is 5.06. The van der Waals surface area contributed by atoms with Crippen LogP contribution < -0.4 is 19.5 Å². The predicted octanol–water partition coefficient (Wildman–Crippen LogP) is 3.79. The minimum atomic E-state index is -0.134. The lowest BCUT2D eigenvalue weighted by molar-refractivity contribution is -0.116. The lowest BCUT2D eigenvalue weighted by Gasteiger charge is -2.10. The van der Waals surface area contributed by atoms with Crippen LogP contribution in [-0.2, 0) is 17.6 Å². The molecule has 2 aromatic carbocycles. The van der Waals surface area contributed by atoms with Crippen molar-refractivity contribution in [3.05, 3.63) is 59.2 Å². The summed E-state index contributed by atoms with van der Waals surface area (Å²) < 4.78 is 16.7. The van der Waals surface area contributed by atoms with Gasteiger partial charge in [-0.15, -0.1) is 0 Å². The summed E-state index contributed by atoms with van der Waals surface area (Å²) in [7, 11) is 1.65. The van der Waals surface area contributed by atoms with Crippen LogP contribution in [0.25, 0.3) is 6.08 Å². The minimum absolute atomic E-state index is 0.134. The fourth-order valence-electron chi connectivity index (χ4n) is 3.21. The highest BCUT2D eigenvalue weighted by atomic mass is 16.5. The molecule has 5 nitrogen and oxygen atoms in total. The number of benzene rings is 2. The van der Waals surface area contributed by atoms with Gasteiger partial charge in [0, 0.05) is 30.2 Å². The monoisotopic (exact) mass is 381 g/mol. The molecule has 1 N–H and O–H groups in total. The molecule has 0 saturated heterocycles. The molecule has 1 amide bonds. The Labute approximate surface area is 166 Å². The van der Waals surface area contributed by atoms with E-state index in [9.17, 15) is 4.79 Å². The van der Waals surface area contributed by atoms with Gasteiger partial charge >= 0.3 is 0 Å². The molecule has 1 aliphatic rings. The zero-order valence-corrected chi connectivity index (χ0v) is 16.7. The number of hydrogen-bond donors (Lipinski definition) is 1. The normalized spacial score (nSPS) is 15.2. The first kappa shape index (κ1) is 19.8. The van der Waals surface area contributed by atoms with Gasteiger partial charge in [-0.25, -0.2) is 0 Å². The highest BCUT2D eigenvalue weighted by Gasteiger charge is 2.21. The molecule has 2 aromatic rings. The third-order valence-corrected chi connectivity index (χ3v) is 4.61. The summed E-state index contributed by atoms with van der Waals surface area (Å²) >= 11 is 0. The molecule has 0 radical (unpaired) electrons. The molecule has 1 aliphatic heterocycles. The van der Waals surface area contributed by atoms with Crippen LogP contribution in [0.4, 0.5) is 0 Å². The van der Waals surface area contributed by atoms with Gasteiger partial charge in [-0.2, -0.15) is 0 Å². The van der Waals surface area contributed by atoms with E-state index in [1.54, 1.807) is 13.2 Å². The number of carbonyl (C=O) groups is 1. The van der Waals surface area contributed by atoms with E-state index < -0.39 is 0 Å². The molecule has 0 bridgehead atoms. The highest BCUT2D eigenvalue weighted by molar-refractivity contribution is 5.92. The zero-order valence-electron chi connectivity index (χ0n) is 16.7. The van der Waals surface area contributed by atoms with Crippen molar-refractivity contribution >= 4 is 12.0 Å². The molecule has 148 valence electrons. The maximum atomic E-state index is 12.2. The summed E-state index contributed by atoms with van der Waals surface area (Å²) in [6.07, 6.45) is 5.13. The standard InChI is InChI=1S/C23H27NO4/c1-4-27-21-15-19-13-16(2)28-22(19)14-18(21)7-10-23(25)24-12-11-17-5-8-20(26-3)9-6-17/h5-10,14-16H,4,11-13H2,1-3H3,(H,24,25)/b10-7+. The van der Waals surface area contributed by atoms with E-state index in [2.05, 4.69) is 5.32 Å². The summed E-state index contributed by atoms with van der Waals surface area (Å²) in [6.45, 7) is 5.14. The first-order valence-corrected chi connectivity index (χ1v) is 9.64. The van der Waals surface area contributed by atoms with Crippen LogP contribution in [0, 0.1) is 0 Å². The molecule has 0 aromatic heterocycles. The van der Waals surface area contributed by atoms with Crippen molar-refractivity contribution in [3.8, 4) is 17.2 Å². The van der Waals surface area contributed by atoms with Crippen LogP contribution >= 0.6 is 0 Å². The van der Waals surface area contributed by atoms with Crippen LogP contribution in [0.2, 0.25) is 0 Å². The molecule has 0 aliphatic carbocycles. The Morgan fingerprint density at radius 2 is 2.07 bits per heavy atom. The molecule has 1 unspecified atom stereocenters. The Morgan fingerprint density at radius 1 is 1.29 bits per heavy atom. The van der Waals surface area contributed by atoms with Crippen LogP contribution in [0.15, 0.2) is 42.5 Å². The maximum Gasteiger partial charge on any atom is 0.244 e. The smallest absolute Gasteiger partial charge is 0.244 e. The number of rotatable bonds is 8. The average molecular weight is 381 g/mol. The van der Waals surface area contributed by atoms with Crippen molar-refractivity contribution in [1.82, 2.24) is 5.32 Å². The quantitative estimate of drug-likeness (QED) is 0.707. The molecule has 0 saturated carbocycles. The van der Waals surface area contributed by atoms with Gasteiger partial charge in [-0.1, -0.05) is 12.1 Å². The Kier molecular flexibility index (Phi) is 6.58. The minimum Gasteiger partial charge on any atom is -0.497 e. The number of fused-ring (bicyclic) bond motifs is 1. The Morgan fingerprint density at radius 3 is 2.79 bits per heavy atom. The lowest BCUT2D eigenvalue weighted by atomic mass is 10.1. The summed E-state index contributed by atoms with van der Waals surface area (Å²) in [5.41, 5.74) is 3.14. The fraction of sp³-hybridized carbons (Fsp3) is 0.348. The van der Waals surface area contributed by atoms with E-state index in [0.717, 1.165) is 46.8 Å². The third-order valence-electron chi connectivity index (χ3n) is 4.61. The molecule has 1 heterocycles. The molecule has 1 atom stereocenters. The first-order chi connectivity index (χ1) is 13.6. The Bertz CT molecular complexity index is 842. The van der Waals surface area contributed by atoms with Crippen LogP contribution in [0.5, 0.6) is 17.2 Å². The largest absolute Gasteiger partial charge is 0.497 e. The molecule has 0 fully saturated rings. The van der Waals surface area contributed by atoms with Crippen molar-refractivity contribution in [1.29, 1.82) is 0 Å². The number of hydrogen-bond acceptors (Lipinski definition) is 4. The van der Waals surface area contributed by atoms with Crippen LogP contribution in [-0.4, -0.2) is 32.3 Å². The molecular formula is C23H27NO4. The van der Waals surface area contributed by atoms with E-state index in [1.165, 1.54) is 6.08 Å². The second-order valence-corrected chi connectivity index (χ2v) is 6.79. The molecular weight excluding hydrogens is 354 g/mol. The van der Waals surface area contributed by atoms with Crippen LogP contribution in [0.1, 0.15) is 30.5 Å². The highest BCUT2D eigenvalue weighted by Crippen LogP contribution is 2.35. The Hall–Kier alpha value is -2.95. The van der Waals surface area contributed by atoms with Gasteiger partial charge in [0.15, 0.2) is 0 Å². The second kappa shape index (κ2) is 9.31. The second-order valence-electron chi connectivity index (χ2n) is 6.79. The summed E-state index contributed by atoms with van der Waals surface area (Å²) in [6, 6.07) is 11.8. The van der Waals surface area contributed by atoms with Gasteiger partial charge < -0.3 is 19.5 Å². The van der Waals surface area contributed by atoms with Gasteiger partial charge in [-0.05, 0) is 56.2 Å². The fourth-order valence-corrected chi connectivity index (χ4v) is 3.21. The van der Waals surface area contributed by atoms with Crippen molar-refractivity contribution < 1.29 is 19.0 Å². The van der Waals surface area contributed by atoms with Crippen molar-refractivity contribution in [2.45, 2.75) is 32.8 Å². The van der Waals surface area contributed by atoms with Gasteiger partial charge in [0.2, 0.25) is 5.91 Å². The van der Waals surface area contributed by atoms with Gasteiger partial charge in [0.25, 0.3) is 0 Å². The number of nitrogens with one attached hydrogen (secondary N) is 1. The van der Waals surface area contributed by atoms with E-state index >= 15 is 0 Å². The zero-order chi connectivity index (χ0) is 19.9. The van der Waals surface area contributed by atoms with E-state index in [0.29, 0.717) is 13.2 Å². The van der Waals surface area contributed by atoms with E-state index in [1.807, 2.05) is 50.2 Å². The predicted molar refractivity (Wildman–Crippen MR) is 110 cm³/mol. The van der Waals surface area contributed by atoms with Crippen molar-refractivity contribution in [3.63, 3.8) is 0 Å². The molecule has 5 heteroatoms. The average Bonchev–Trinajstić information content (AvgIpc) is 3.05. The first-order valence-electron chi connectivity index (χ1n) is 9.64. The van der Waals surface area contributed by atoms with E-state index in [4.69, 9.17) is 14.2 Å². The SMILES string of the molecule is CCOc1cc2c(cc1/C=C/C(=O)NCCc1ccc(OC)cc1)OC(C)C2. The molecule has 3 rings (SSSR count). The summed E-state index contributed by atoms with van der Waals surface area (Å²) in [4.78, 5) is 12.2. The maximum absolute atomic E-state index is 12.2. The summed E-state index contributed by atoms with van der Waals surface area (Å²) in [5.74, 6) is 2.34. The van der Waals surface area contributed by atoms with Gasteiger partial charge in [0.05, 0.1) is 13.7 Å². The molecule has 0 spiro atoms. The Balaban J connectivity index is 1.58. The van der Waals surface area contributed by atoms with Gasteiger partial charge in [0.1, 0.15) is 23.4 Å². The number of ether oxygens (including phenoxy) is 3. The number of amides is 1. The van der Waals surface area contributed by atoms with E-state index in [-0.39, 0.29) is 12.0 Å². The number of methoxy groups -OCH3 is 1. The number of carbonyl (C=O) groups excluding carboxylic acids is 1.